The fourth-order valence-corrected chi connectivity index (χ4v) is 2.95. The zero-order chi connectivity index (χ0) is 11.4. The van der Waals surface area contributed by atoms with E-state index < -0.39 is 0 Å². The maximum Gasteiger partial charge on any atom is 0.221 e. The van der Waals surface area contributed by atoms with Crippen LogP contribution in [0.2, 0.25) is 0 Å². The number of hydrogen-bond acceptors (Lipinski definition) is 2. The Morgan fingerprint density at radius 1 is 1.25 bits per heavy atom. The van der Waals surface area contributed by atoms with Gasteiger partial charge in [0.05, 0.1) is 0 Å². The largest absolute Gasteiger partial charge is 0.353 e. The lowest BCUT2D eigenvalue weighted by Crippen LogP contribution is -2.43. The summed E-state index contributed by atoms with van der Waals surface area (Å²) in [5.74, 6) is 0.910. The first-order valence-electron chi connectivity index (χ1n) is 6.78. The molecule has 2 rings (SSSR count). The Balaban J connectivity index is 1.72. The minimum absolute atomic E-state index is 0.248. The molecule has 1 aliphatic heterocycles. The smallest absolute Gasteiger partial charge is 0.221 e. The number of amides is 1. The summed E-state index contributed by atoms with van der Waals surface area (Å²) < 4.78 is 0. The molecule has 0 aromatic heterocycles. The Hall–Kier alpha value is -0.570. The Morgan fingerprint density at radius 3 is 2.75 bits per heavy atom. The van der Waals surface area contributed by atoms with Crippen molar-refractivity contribution in [2.45, 2.75) is 64.0 Å². The Bertz CT molecular complexity index is 236. The van der Waals surface area contributed by atoms with Crippen LogP contribution in [0.5, 0.6) is 0 Å². The van der Waals surface area contributed by atoms with Gasteiger partial charge in [0.25, 0.3) is 0 Å². The van der Waals surface area contributed by atoms with Crippen molar-refractivity contribution in [3.63, 3.8) is 0 Å². The van der Waals surface area contributed by atoms with Crippen molar-refractivity contribution in [2.75, 3.05) is 6.54 Å². The number of rotatable bonds is 3. The van der Waals surface area contributed by atoms with Crippen molar-refractivity contribution in [1.82, 2.24) is 10.6 Å². The van der Waals surface area contributed by atoms with Crippen LogP contribution < -0.4 is 10.6 Å². The lowest BCUT2D eigenvalue weighted by atomic mass is 9.86. The van der Waals surface area contributed by atoms with Crippen molar-refractivity contribution >= 4 is 5.91 Å². The molecule has 3 atom stereocenters. The molecule has 0 aromatic rings. The highest BCUT2D eigenvalue weighted by Gasteiger charge is 2.24. The molecular weight excluding hydrogens is 200 g/mol. The van der Waals surface area contributed by atoms with Crippen LogP contribution in [0.3, 0.4) is 0 Å². The maximum absolute atomic E-state index is 11.9. The third-order valence-corrected chi connectivity index (χ3v) is 4.05. The van der Waals surface area contributed by atoms with Gasteiger partial charge >= 0.3 is 0 Å². The van der Waals surface area contributed by atoms with Crippen LogP contribution >= 0.6 is 0 Å². The molecule has 0 radical (unpaired) electrons. The van der Waals surface area contributed by atoms with Crippen LogP contribution in [0, 0.1) is 5.92 Å². The zero-order valence-corrected chi connectivity index (χ0v) is 10.3. The molecule has 2 fully saturated rings. The highest BCUT2D eigenvalue weighted by atomic mass is 16.1. The minimum Gasteiger partial charge on any atom is -0.353 e. The van der Waals surface area contributed by atoms with E-state index in [1.54, 1.807) is 0 Å². The van der Waals surface area contributed by atoms with Crippen molar-refractivity contribution in [1.29, 1.82) is 0 Å². The van der Waals surface area contributed by atoms with Crippen LogP contribution in [0.25, 0.3) is 0 Å². The van der Waals surface area contributed by atoms with Gasteiger partial charge in [-0.1, -0.05) is 19.8 Å². The van der Waals surface area contributed by atoms with E-state index in [1.807, 2.05) is 0 Å². The van der Waals surface area contributed by atoms with Gasteiger partial charge in [0.1, 0.15) is 0 Å². The van der Waals surface area contributed by atoms with Crippen molar-refractivity contribution in [3.8, 4) is 0 Å². The Labute approximate surface area is 98.4 Å². The van der Waals surface area contributed by atoms with E-state index in [9.17, 15) is 4.79 Å². The molecule has 0 bridgehead atoms. The molecule has 2 N–H and O–H groups in total. The quantitative estimate of drug-likeness (QED) is 0.768. The van der Waals surface area contributed by atoms with Gasteiger partial charge in [-0.3, -0.25) is 4.79 Å². The van der Waals surface area contributed by atoms with Crippen molar-refractivity contribution < 1.29 is 4.79 Å². The zero-order valence-electron chi connectivity index (χ0n) is 10.3. The van der Waals surface area contributed by atoms with E-state index in [2.05, 4.69) is 17.6 Å². The summed E-state index contributed by atoms with van der Waals surface area (Å²) in [4.78, 5) is 11.9. The summed E-state index contributed by atoms with van der Waals surface area (Å²) in [6.07, 6.45) is 8.10. The molecule has 1 saturated carbocycles. The minimum atomic E-state index is 0.248. The second kappa shape index (κ2) is 5.67. The molecule has 92 valence electrons. The van der Waals surface area contributed by atoms with E-state index in [0.29, 0.717) is 24.4 Å². The molecule has 1 heterocycles. The molecule has 16 heavy (non-hydrogen) atoms. The highest BCUT2D eigenvalue weighted by molar-refractivity contribution is 5.77. The number of carbonyl (C=O) groups excluding carboxylic acids is 1. The first-order valence-corrected chi connectivity index (χ1v) is 6.78. The van der Waals surface area contributed by atoms with Gasteiger partial charge in [-0.2, -0.15) is 0 Å². The molecule has 1 saturated heterocycles. The number of hydrogen-bond donors (Lipinski definition) is 2. The second-order valence-electron chi connectivity index (χ2n) is 5.43. The fourth-order valence-electron chi connectivity index (χ4n) is 2.95. The van der Waals surface area contributed by atoms with Crippen LogP contribution in [0.15, 0.2) is 0 Å². The molecule has 0 aromatic carbocycles. The van der Waals surface area contributed by atoms with E-state index in [0.717, 1.165) is 13.0 Å². The molecular formula is C13H24N2O. The molecule has 2 aliphatic rings. The van der Waals surface area contributed by atoms with Gasteiger partial charge in [-0.05, 0) is 38.1 Å². The lowest BCUT2D eigenvalue weighted by molar-refractivity contribution is -0.122. The summed E-state index contributed by atoms with van der Waals surface area (Å²) >= 11 is 0. The third-order valence-electron chi connectivity index (χ3n) is 4.05. The van der Waals surface area contributed by atoms with Crippen LogP contribution in [0.4, 0.5) is 0 Å². The van der Waals surface area contributed by atoms with Crippen molar-refractivity contribution in [2.24, 2.45) is 5.92 Å². The molecule has 1 amide bonds. The van der Waals surface area contributed by atoms with Crippen LogP contribution in [0.1, 0.15) is 51.9 Å². The second-order valence-corrected chi connectivity index (χ2v) is 5.43. The van der Waals surface area contributed by atoms with E-state index in [4.69, 9.17) is 0 Å². The van der Waals surface area contributed by atoms with E-state index in [1.165, 1.54) is 32.1 Å². The summed E-state index contributed by atoms with van der Waals surface area (Å²) in [6, 6.07) is 0.863. The average molecular weight is 224 g/mol. The number of nitrogens with one attached hydrogen (secondary N) is 2. The normalized spacial score (nSPS) is 34.9. The van der Waals surface area contributed by atoms with Crippen molar-refractivity contribution in [3.05, 3.63) is 0 Å². The standard InChI is InChI=1S/C13H24N2O/c1-10-5-2-3-7-12(10)15-13(16)9-11-6-4-8-14-11/h10-12,14H,2-9H2,1H3,(H,15,16). The number of carbonyl (C=O) groups is 1. The summed E-state index contributed by atoms with van der Waals surface area (Å²) in [5, 5.41) is 6.59. The SMILES string of the molecule is CC1CCCCC1NC(=O)CC1CCCN1. The first kappa shape index (κ1) is 11.9. The third kappa shape index (κ3) is 3.21. The van der Waals surface area contributed by atoms with Gasteiger partial charge in [-0.15, -0.1) is 0 Å². The molecule has 3 heteroatoms. The summed E-state index contributed by atoms with van der Waals surface area (Å²) in [6.45, 7) is 3.34. The lowest BCUT2D eigenvalue weighted by Gasteiger charge is -2.29. The van der Waals surface area contributed by atoms with E-state index in [-0.39, 0.29) is 5.91 Å². The van der Waals surface area contributed by atoms with Crippen LogP contribution in [-0.2, 0) is 4.79 Å². The maximum atomic E-state index is 11.9. The van der Waals surface area contributed by atoms with Gasteiger partial charge < -0.3 is 10.6 Å². The van der Waals surface area contributed by atoms with Gasteiger partial charge in [0, 0.05) is 18.5 Å². The van der Waals surface area contributed by atoms with Gasteiger partial charge in [0.2, 0.25) is 5.91 Å². The van der Waals surface area contributed by atoms with Gasteiger partial charge in [0.15, 0.2) is 0 Å². The molecule has 0 spiro atoms. The summed E-state index contributed by atoms with van der Waals surface area (Å²) in [5.41, 5.74) is 0. The van der Waals surface area contributed by atoms with Crippen LogP contribution in [-0.4, -0.2) is 24.5 Å². The summed E-state index contributed by atoms with van der Waals surface area (Å²) in [7, 11) is 0. The topological polar surface area (TPSA) is 41.1 Å². The highest BCUT2D eigenvalue weighted by Crippen LogP contribution is 2.23. The van der Waals surface area contributed by atoms with Gasteiger partial charge in [-0.25, -0.2) is 0 Å². The predicted molar refractivity (Wildman–Crippen MR) is 65.2 cm³/mol. The fraction of sp³-hybridized carbons (Fsp3) is 0.923. The molecule has 3 nitrogen and oxygen atoms in total. The molecule has 3 unspecified atom stereocenters. The first-order chi connectivity index (χ1) is 7.75. The average Bonchev–Trinajstić information content (AvgIpc) is 2.74. The molecule has 1 aliphatic carbocycles. The van der Waals surface area contributed by atoms with E-state index >= 15 is 0 Å². The monoisotopic (exact) mass is 224 g/mol. The Morgan fingerprint density at radius 2 is 2.06 bits per heavy atom. The predicted octanol–water partition coefficient (Wildman–Crippen LogP) is 1.82. The Kier molecular flexibility index (Phi) is 4.22.